The molecule has 1 aliphatic heterocycles. The highest BCUT2D eigenvalue weighted by molar-refractivity contribution is 7.17. The molecule has 114 valence electrons. The van der Waals surface area contributed by atoms with E-state index in [4.69, 9.17) is 5.73 Å². The second-order valence-corrected chi connectivity index (χ2v) is 7.63. The molecule has 2 heterocycles. The molecule has 1 fully saturated rings. The molecule has 21 heavy (non-hydrogen) atoms. The fourth-order valence-corrected chi connectivity index (χ4v) is 4.44. The van der Waals surface area contributed by atoms with Crippen LogP contribution in [0.4, 0.5) is 0 Å². The summed E-state index contributed by atoms with van der Waals surface area (Å²) >= 11 is 1.81. The predicted molar refractivity (Wildman–Crippen MR) is 92.9 cm³/mol. The van der Waals surface area contributed by atoms with Gasteiger partial charge in [0.25, 0.3) is 0 Å². The van der Waals surface area contributed by atoms with Gasteiger partial charge in [-0.15, -0.1) is 11.3 Å². The van der Waals surface area contributed by atoms with Crippen molar-refractivity contribution < 1.29 is 0 Å². The van der Waals surface area contributed by atoms with Crippen molar-refractivity contribution in [1.82, 2.24) is 4.90 Å². The minimum Gasteiger partial charge on any atom is -0.322 e. The highest BCUT2D eigenvalue weighted by atomic mass is 32.1. The van der Waals surface area contributed by atoms with Gasteiger partial charge in [0.2, 0.25) is 0 Å². The Hall–Kier alpha value is -0.900. The zero-order valence-corrected chi connectivity index (χ0v) is 14.0. The minimum atomic E-state index is 0.00259. The number of fused-ring (bicyclic) bond motifs is 1. The molecular formula is C18H26N2S. The van der Waals surface area contributed by atoms with E-state index >= 15 is 0 Å². The maximum atomic E-state index is 6.74. The average molecular weight is 302 g/mol. The van der Waals surface area contributed by atoms with Gasteiger partial charge in [-0.2, -0.15) is 0 Å². The number of nitrogens with two attached hydrogens (primary N) is 1. The van der Waals surface area contributed by atoms with E-state index < -0.39 is 0 Å². The minimum absolute atomic E-state index is 0.00259. The zero-order valence-electron chi connectivity index (χ0n) is 13.1. The maximum Gasteiger partial charge on any atom is 0.0491 e. The number of hydrogen-bond acceptors (Lipinski definition) is 3. The standard InChI is InChI=1S/C18H26N2S/c1-18(2,20-11-5-3-4-6-12-20)17(19)15-9-7-8-14-10-13-21-16(14)15/h7-10,13,17H,3-6,11-12,19H2,1-2H3. The number of rotatable bonds is 3. The van der Waals surface area contributed by atoms with Crippen molar-refractivity contribution in [3.8, 4) is 0 Å². The van der Waals surface area contributed by atoms with Crippen LogP contribution in [0.5, 0.6) is 0 Å². The molecule has 0 radical (unpaired) electrons. The monoisotopic (exact) mass is 302 g/mol. The third kappa shape index (κ3) is 2.87. The van der Waals surface area contributed by atoms with Crippen LogP contribution in [0.1, 0.15) is 51.1 Å². The van der Waals surface area contributed by atoms with Crippen LogP contribution in [0.3, 0.4) is 0 Å². The first-order chi connectivity index (χ1) is 10.1. The molecule has 2 aromatic rings. The molecule has 1 saturated heterocycles. The summed E-state index contributed by atoms with van der Waals surface area (Å²) < 4.78 is 1.35. The van der Waals surface area contributed by atoms with Crippen LogP contribution in [-0.4, -0.2) is 23.5 Å². The predicted octanol–water partition coefficient (Wildman–Crippen LogP) is 4.56. The Morgan fingerprint density at radius 1 is 1.10 bits per heavy atom. The SMILES string of the molecule is CC(C)(C(N)c1cccc2ccsc12)N1CCCCCC1. The first kappa shape index (κ1) is 15.0. The second kappa shape index (κ2) is 6.07. The number of thiophene rings is 1. The van der Waals surface area contributed by atoms with Gasteiger partial charge in [-0.25, -0.2) is 0 Å². The van der Waals surface area contributed by atoms with Crippen molar-refractivity contribution in [3.05, 3.63) is 35.2 Å². The van der Waals surface area contributed by atoms with E-state index in [1.165, 1.54) is 54.4 Å². The smallest absolute Gasteiger partial charge is 0.0491 e. The van der Waals surface area contributed by atoms with Gasteiger partial charge in [0.05, 0.1) is 0 Å². The number of nitrogens with zero attached hydrogens (tertiary/aromatic N) is 1. The van der Waals surface area contributed by atoms with Gasteiger partial charge in [-0.3, -0.25) is 4.90 Å². The van der Waals surface area contributed by atoms with Gasteiger partial charge < -0.3 is 5.73 Å². The van der Waals surface area contributed by atoms with Crippen LogP contribution in [0.15, 0.2) is 29.6 Å². The summed E-state index contributed by atoms with van der Waals surface area (Å²) in [6, 6.07) is 8.78. The van der Waals surface area contributed by atoms with Crippen molar-refractivity contribution in [1.29, 1.82) is 0 Å². The third-order valence-corrected chi connectivity index (χ3v) is 6.01. The Balaban J connectivity index is 1.92. The van der Waals surface area contributed by atoms with Gasteiger partial charge in [0, 0.05) is 16.3 Å². The summed E-state index contributed by atoms with van der Waals surface area (Å²) in [4.78, 5) is 2.61. The molecular weight excluding hydrogens is 276 g/mol. The van der Waals surface area contributed by atoms with Gasteiger partial charge >= 0.3 is 0 Å². The van der Waals surface area contributed by atoms with Gasteiger partial charge in [-0.05, 0) is 62.2 Å². The molecule has 2 nitrogen and oxygen atoms in total. The molecule has 3 heteroatoms. The summed E-state index contributed by atoms with van der Waals surface area (Å²) in [5.74, 6) is 0. The Bertz CT molecular complexity index is 594. The Morgan fingerprint density at radius 3 is 2.52 bits per heavy atom. The normalized spacial score (nSPS) is 19.6. The lowest BCUT2D eigenvalue weighted by molar-refractivity contribution is 0.0985. The molecule has 1 aliphatic rings. The fraction of sp³-hybridized carbons (Fsp3) is 0.556. The van der Waals surface area contributed by atoms with Crippen LogP contribution in [0, 0.1) is 0 Å². The van der Waals surface area contributed by atoms with E-state index in [1.54, 1.807) is 0 Å². The first-order valence-corrected chi connectivity index (χ1v) is 8.95. The lowest BCUT2D eigenvalue weighted by Gasteiger charge is -2.42. The van der Waals surface area contributed by atoms with E-state index in [2.05, 4.69) is 48.4 Å². The summed E-state index contributed by atoms with van der Waals surface area (Å²) in [7, 11) is 0. The largest absolute Gasteiger partial charge is 0.322 e. The average Bonchev–Trinajstić information content (AvgIpc) is 2.79. The van der Waals surface area contributed by atoms with E-state index in [1.807, 2.05) is 11.3 Å². The van der Waals surface area contributed by atoms with Crippen molar-refractivity contribution in [2.45, 2.75) is 51.1 Å². The van der Waals surface area contributed by atoms with E-state index in [9.17, 15) is 0 Å². The zero-order chi connectivity index (χ0) is 14.9. The molecule has 2 N–H and O–H groups in total. The molecule has 0 saturated carbocycles. The molecule has 3 rings (SSSR count). The number of likely N-dealkylation sites (tertiary alicyclic amines) is 1. The molecule has 1 atom stereocenters. The van der Waals surface area contributed by atoms with Gasteiger partial charge in [0.1, 0.15) is 0 Å². The lowest BCUT2D eigenvalue weighted by atomic mass is 9.87. The summed E-state index contributed by atoms with van der Waals surface area (Å²) in [5, 5.41) is 3.49. The highest BCUT2D eigenvalue weighted by Crippen LogP contribution is 2.36. The topological polar surface area (TPSA) is 29.3 Å². The van der Waals surface area contributed by atoms with Crippen LogP contribution in [0.2, 0.25) is 0 Å². The summed E-state index contributed by atoms with van der Waals surface area (Å²) in [6.07, 6.45) is 5.34. The lowest BCUT2D eigenvalue weighted by Crippen LogP contribution is -2.51. The fourth-order valence-electron chi connectivity index (χ4n) is 3.49. The van der Waals surface area contributed by atoms with E-state index in [0.29, 0.717) is 0 Å². The molecule has 0 amide bonds. The van der Waals surface area contributed by atoms with Crippen LogP contribution in [0.25, 0.3) is 10.1 Å². The summed E-state index contributed by atoms with van der Waals surface area (Å²) in [5.41, 5.74) is 8.05. The van der Waals surface area contributed by atoms with Crippen molar-refractivity contribution in [2.75, 3.05) is 13.1 Å². The number of hydrogen-bond donors (Lipinski definition) is 1. The molecule has 1 unspecified atom stereocenters. The number of benzene rings is 1. The Labute approximate surface area is 131 Å². The van der Waals surface area contributed by atoms with Crippen LogP contribution < -0.4 is 5.73 Å². The van der Waals surface area contributed by atoms with Crippen LogP contribution >= 0.6 is 11.3 Å². The van der Waals surface area contributed by atoms with Crippen LogP contribution in [-0.2, 0) is 0 Å². The van der Waals surface area contributed by atoms with Crippen molar-refractivity contribution in [2.24, 2.45) is 5.73 Å². The Kier molecular flexibility index (Phi) is 4.34. The molecule has 0 aliphatic carbocycles. The Morgan fingerprint density at radius 2 is 1.81 bits per heavy atom. The van der Waals surface area contributed by atoms with E-state index in [0.717, 1.165) is 0 Å². The maximum absolute atomic E-state index is 6.74. The molecule has 1 aromatic heterocycles. The van der Waals surface area contributed by atoms with Crippen molar-refractivity contribution >= 4 is 21.4 Å². The quantitative estimate of drug-likeness (QED) is 0.901. The van der Waals surface area contributed by atoms with Gasteiger partial charge in [0.15, 0.2) is 0 Å². The second-order valence-electron chi connectivity index (χ2n) is 6.72. The molecule has 0 spiro atoms. The first-order valence-electron chi connectivity index (χ1n) is 8.07. The summed E-state index contributed by atoms with van der Waals surface area (Å²) in [6.45, 7) is 6.99. The van der Waals surface area contributed by atoms with E-state index in [-0.39, 0.29) is 11.6 Å². The molecule has 0 bridgehead atoms. The molecule has 1 aromatic carbocycles. The van der Waals surface area contributed by atoms with Gasteiger partial charge in [-0.1, -0.05) is 31.0 Å². The third-order valence-electron chi connectivity index (χ3n) is 5.03. The highest BCUT2D eigenvalue weighted by Gasteiger charge is 2.35. The van der Waals surface area contributed by atoms with Crippen molar-refractivity contribution in [3.63, 3.8) is 0 Å².